The molecule has 2 aromatic carbocycles. The van der Waals surface area contributed by atoms with E-state index in [1.807, 2.05) is 36.4 Å². The van der Waals surface area contributed by atoms with Crippen LogP contribution >= 0.6 is 39.3 Å². The smallest absolute Gasteiger partial charge is 0.283 e. The molecule has 0 amide bonds. The van der Waals surface area contributed by atoms with Crippen LogP contribution in [0.15, 0.2) is 67.9 Å². The van der Waals surface area contributed by atoms with E-state index < -0.39 is 0 Å². The lowest BCUT2D eigenvalue weighted by Gasteiger charge is -2.02. The van der Waals surface area contributed by atoms with Crippen molar-refractivity contribution in [2.75, 3.05) is 0 Å². The fourth-order valence-electron chi connectivity index (χ4n) is 2.16. The van der Waals surface area contributed by atoms with E-state index in [0.29, 0.717) is 21.7 Å². The van der Waals surface area contributed by atoms with Crippen LogP contribution in [0.3, 0.4) is 0 Å². The summed E-state index contributed by atoms with van der Waals surface area (Å²) in [5.74, 6) is 0.377. The maximum atomic E-state index is 6.16. The molecule has 2 aromatic heterocycles. The van der Waals surface area contributed by atoms with E-state index in [0.717, 1.165) is 20.4 Å². The van der Waals surface area contributed by atoms with Gasteiger partial charge in [-0.15, -0.1) is 10.2 Å². The summed E-state index contributed by atoms with van der Waals surface area (Å²) in [7, 11) is 0. The number of fused-ring (bicyclic) bond motifs is 1. The fourth-order valence-corrected chi connectivity index (χ4v) is 3.48. The Labute approximate surface area is 154 Å². The highest BCUT2D eigenvalue weighted by Gasteiger charge is 2.14. The highest BCUT2D eigenvalue weighted by molar-refractivity contribution is 9.10. The van der Waals surface area contributed by atoms with E-state index in [9.17, 15) is 0 Å². The zero-order valence-electron chi connectivity index (χ0n) is 12.0. The molecular weight excluding hydrogens is 412 g/mol. The topological polar surface area (TPSA) is 64.7 Å². The summed E-state index contributed by atoms with van der Waals surface area (Å²) in [5.41, 5.74) is 1.55. The van der Waals surface area contributed by atoms with Gasteiger partial charge in [0.1, 0.15) is 11.4 Å². The number of hydrogen-bond acceptors (Lipinski definition) is 6. The quantitative estimate of drug-likeness (QED) is 0.423. The van der Waals surface area contributed by atoms with Gasteiger partial charge in [-0.05, 0) is 42.1 Å². The van der Waals surface area contributed by atoms with Crippen LogP contribution in [0.5, 0.6) is 0 Å². The molecule has 4 aromatic rings. The minimum Gasteiger partial charge on any atom is -0.411 e. The first-order valence-electron chi connectivity index (χ1n) is 6.87. The van der Waals surface area contributed by atoms with Gasteiger partial charge >= 0.3 is 0 Å². The van der Waals surface area contributed by atoms with Gasteiger partial charge in [-0.3, -0.25) is 0 Å². The number of halogens is 2. The van der Waals surface area contributed by atoms with Crippen LogP contribution in [0.1, 0.15) is 0 Å². The van der Waals surface area contributed by atoms with Gasteiger partial charge < -0.3 is 4.42 Å². The maximum Gasteiger partial charge on any atom is 0.283 e. The molecule has 5 nitrogen and oxygen atoms in total. The molecule has 0 N–H and O–H groups in total. The van der Waals surface area contributed by atoms with Crippen LogP contribution in [0.4, 0.5) is 0 Å². The van der Waals surface area contributed by atoms with E-state index in [2.05, 4.69) is 36.1 Å². The van der Waals surface area contributed by atoms with Gasteiger partial charge in [0.2, 0.25) is 5.89 Å². The second-order valence-electron chi connectivity index (χ2n) is 4.80. The van der Waals surface area contributed by atoms with Crippen molar-refractivity contribution >= 4 is 50.2 Å². The summed E-state index contributed by atoms with van der Waals surface area (Å²) in [6, 6.07) is 13.2. The van der Waals surface area contributed by atoms with Crippen molar-refractivity contribution in [2.45, 2.75) is 10.2 Å². The van der Waals surface area contributed by atoms with E-state index in [1.165, 1.54) is 18.1 Å². The highest BCUT2D eigenvalue weighted by Crippen LogP contribution is 2.34. The Morgan fingerprint density at radius 1 is 1.04 bits per heavy atom. The van der Waals surface area contributed by atoms with Crippen molar-refractivity contribution < 1.29 is 4.42 Å². The summed E-state index contributed by atoms with van der Waals surface area (Å²) >= 11 is 10.9. The molecule has 0 unspecified atom stereocenters. The zero-order chi connectivity index (χ0) is 16.5. The Hall–Kier alpha value is -1.96. The number of nitrogens with zero attached hydrogens (tertiary/aromatic N) is 4. The summed E-state index contributed by atoms with van der Waals surface area (Å²) < 4.78 is 6.67. The molecule has 0 bridgehead atoms. The van der Waals surface area contributed by atoms with Crippen molar-refractivity contribution in [2.24, 2.45) is 0 Å². The van der Waals surface area contributed by atoms with Gasteiger partial charge in [-0.25, -0.2) is 9.97 Å². The minimum atomic E-state index is 0.377. The third-order valence-corrected chi connectivity index (χ3v) is 4.94. The lowest BCUT2D eigenvalue weighted by molar-refractivity contribution is 0.466. The van der Waals surface area contributed by atoms with Crippen LogP contribution in [0, 0.1) is 0 Å². The number of aromatic nitrogens is 4. The predicted molar refractivity (Wildman–Crippen MR) is 96.1 cm³/mol. The lowest BCUT2D eigenvalue weighted by Crippen LogP contribution is -1.87. The average Bonchev–Trinajstić information content (AvgIpc) is 3.04. The van der Waals surface area contributed by atoms with Gasteiger partial charge in [0.25, 0.3) is 5.22 Å². The molecule has 0 fully saturated rings. The monoisotopic (exact) mass is 418 g/mol. The summed E-state index contributed by atoms with van der Waals surface area (Å²) in [5, 5.41) is 10.8. The average molecular weight is 420 g/mol. The summed E-state index contributed by atoms with van der Waals surface area (Å²) in [6.07, 6.45) is 1.52. The Morgan fingerprint density at radius 2 is 1.92 bits per heavy atom. The molecule has 8 heteroatoms. The molecule has 118 valence electrons. The first-order chi connectivity index (χ1) is 11.7. The summed E-state index contributed by atoms with van der Waals surface area (Å²) in [6.45, 7) is 0. The predicted octanol–water partition coefficient (Wildman–Crippen LogP) is 5.25. The molecule has 0 saturated heterocycles. The van der Waals surface area contributed by atoms with Crippen LogP contribution in [0.2, 0.25) is 5.02 Å². The van der Waals surface area contributed by atoms with Crippen molar-refractivity contribution in [1.29, 1.82) is 0 Å². The van der Waals surface area contributed by atoms with Crippen molar-refractivity contribution in [3.63, 3.8) is 0 Å². The van der Waals surface area contributed by atoms with Crippen LogP contribution in [0.25, 0.3) is 22.4 Å². The molecular formula is C16H8BrClN4OS. The normalized spacial score (nSPS) is 11.1. The van der Waals surface area contributed by atoms with Crippen LogP contribution < -0.4 is 0 Å². The Balaban J connectivity index is 1.70. The highest BCUT2D eigenvalue weighted by atomic mass is 79.9. The molecule has 0 aliphatic heterocycles. The maximum absolute atomic E-state index is 6.16. The van der Waals surface area contributed by atoms with Crippen molar-refractivity contribution in [1.82, 2.24) is 20.2 Å². The van der Waals surface area contributed by atoms with E-state index >= 15 is 0 Å². The fraction of sp³-hybridized carbons (Fsp3) is 0. The third kappa shape index (κ3) is 3.02. The summed E-state index contributed by atoms with van der Waals surface area (Å²) in [4.78, 5) is 8.58. The minimum absolute atomic E-state index is 0.377. The second kappa shape index (κ2) is 6.51. The zero-order valence-corrected chi connectivity index (χ0v) is 15.1. The third-order valence-electron chi connectivity index (χ3n) is 3.26. The number of hydrogen-bond donors (Lipinski definition) is 0. The molecule has 24 heavy (non-hydrogen) atoms. The largest absolute Gasteiger partial charge is 0.411 e. The van der Waals surface area contributed by atoms with Crippen molar-refractivity contribution in [3.8, 4) is 11.5 Å². The Kier molecular flexibility index (Phi) is 4.22. The molecule has 0 radical (unpaired) electrons. The number of benzene rings is 2. The molecule has 0 atom stereocenters. The standard InChI is InChI=1S/C16H8BrClN4OS/c17-9-5-6-13-11(7-9)15(20-8-19-13)24-16-22-21-14(23-16)10-3-1-2-4-12(10)18/h1-8H. The first-order valence-corrected chi connectivity index (χ1v) is 8.86. The van der Waals surface area contributed by atoms with E-state index in [4.69, 9.17) is 16.0 Å². The Morgan fingerprint density at radius 3 is 2.79 bits per heavy atom. The first kappa shape index (κ1) is 15.6. The van der Waals surface area contributed by atoms with Gasteiger partial charge in [0.15, 0.2) is 0 Å². The van der Waals surface area contributed by atoms with Gasteiger partial charge in [0.05, 0.1) is 16.1 Å². The van der Waals surface area contributed by atoms with Crippen LogP contribution in [-0.4, -0.2) is 20.2 Å². The van der Waals surface area contributed by atoms with Crippen molar-refractivity contribution in [3.05, 3.63) is 58.3 Å². The lowest BCUT2D eigenvalue weighted by atomic mass is 10.2. The number of rotatable bonds is 3. The SMILES string of the molecule is Clc1ccccc1-c1nnc(Sc2ncnc3ccc(Br)cc23)o1. The van der Waals surface area contributed by atoms with Gasteiger partial charge in [-0.2, -0.15) is 0 Å². The molecule has 2 heterocycles. The van der Waals surface area contributed by atoms with Crippen LogP contribution in [-0.2, 0) is 0 Å². The molecule has 4 rings (SSSR count). The van der Waals surface area contributed by atoms with E-state index in [1.54, 1.807) is 6.07 Å². The Bertz CT molecular complexity index is 1040. The van der Waals surface area contributed by atoms with Gasteiger partial charge in [0, 0.05) is 9.86 Å². The molecule has 0 spiro atoms. The second-order valence-corrected chi connectivity index (χ2v) is 7.06. The van der Waals surface area contributed by atoms with E-state index in [-0.39, 0.29) is 0 Å². The van der Waals surface area contributed by atoms with Gasteiger partial charge in [-0.1, -0.05) is 39.7 Å². The molecule has 0 aliphatic carbocycles. The molecule has 0 aliphatic rings. The molecule has 0 saturated carbocycles.